The molecule has 0 amide bonds. The summed E-state index contributed by atoms with van der Waals surface area (Å²) in [4.78, 5) is 21.9. The number of anilines is 3. The van der Waals surface area contributed by atoms with Gasteiger partial charge in [0.15, 0.2) is 0 Å². The number of rotatable bonds is 3. The Hall–Kier alpha value is -3.10. The molecule has 31 heavy (non-hydrogen) atoms. The van der Waals surface area contributed by atoms with E-state index in [1.165, 1.54) is 0 Å². The first-order valence-corrected chi connectivity index (χ1v) is 10.5. The van der Waals surface area contributed by atoms with Crippen molar-refractivity contribution in [2.75, 3.05) is 36.1 Å². The molecule has 160 valence electrons. The fourth-order valence-corrected chi connectivity index (χ4v) is 4.23. The van der Waals surface area contributed by atoms with Gasteiger partial charge in [-0.15, -0.1) is 0 Å². The van der Waals surface area contributed by atoms with E-state index in [-0.39, 0.29) is 0 Å². The van der Waals surface area contributed by atoms with Crippen LogP contribution in [0.1, 0.15) is 25.2 Å². The van der Waals surface area contributed by atoms with Crippen LogP contribution in [-0.4, -0.2) is 57.6 Å². The SMILES string of the molecule is Cc1ncc(-c2ccc3c(c2)N(c2ccnc(N4CCOCC4)n2)C(O)C3(C)C)cn1. The van der Waals surface area contributed by atoms with Crippen LogP contribution in [0.25, 0.3) is 11.1 Å². The molecular formula is C23H26N6O2. The molecule has 1 aromatic carbocycles. The second-order valence-electron chi connectivity index (χ2n) is 8.53. The quantitative estimate of drug-likeness (QED) is 0.695. The van der Waals surface area contributed by atoms with Crippen molar-refractivity contribution in [1.82, 2.24) is 19.9 Å². The zero-order chi connectivity index (χ0) is 21.6. The summed E-state index contributed by atoms with van der Waals surface area (Å²) in [5.74, 6) is 2.06. The molecule has 8 nitrogen and oxygen atoms in total. The Morgan fingerprint density at radius 2 is 1.77 bits per heavy atom. The van der Waals surface area contributed by atoms with Gasteiger partial charge in [-0.25, -0.2) is 15.0 Å². The maximum absolute atomic E-state index is 11.3. The van der Waals surface area contributed by atoms with Crippen molar-refractivity contribution in [2.24, 2.45) is 0 Å². The van der Waals surface area contributed by atoms with Gasteiger partial charge < -0.3 is 14.7 Å². The highest BCUT2D eigenvalue weighted by atomic mass is 16.5. The number of fused-ring (bicyclic) bond motifs is 1. The zero-order valence-electron chi connectivity index (χ0n) is 18.0. The lowest BCUT2D eigenvalue weighted by atomic mass is 9.85. The standard InChI is InChI=1S/C23H26N6O2/c1-15-25-13-17(14-26-15)16-4-5-18-19(12-16)29(21(30)23(18,2)3)20-6-7-24-22(27-20)28-8-10-31-11-9-28/h4-7,12-14,21,30H,8-11H2,1-3H3. The number of morpholine rings is 1. The van der Waals surface area contributed by atoms with Crippen LogP contribution in [0.15, 0.2) is 42.9 Å². The van der Waals surface area contributed by atoms with Crippen molar-refractivity contribution in [1.29, 1.82) is 0 Å². The van der Waals surface area contributed by atoms with Crippen LogP contribution in [0, 0.1) is 6.92 Å². The fourth-order valence-electron chi connectivity index (χ4n) is 4.23. The number of nitrogens with zero attached hydrogens (tertiary/aromatic N) is 6. The van der Waals surface area contributed by atoms with Crippen LogP contribution >= 0.6 is 0 Å². The van der Waals surface area contributed by atoms with Crippen LogP contribution in [0.2, 0.25) is 0 Å². The molecule has 0 saturated carbocycles. The minimum absolute atomic E-state index is 0.457. The average molecular weight is 419 g/mol. The van der Waals surface area contributed by atoms with Crippen molar-refractivity contribution >= 4 is 17.5 Å². The topological polar surface area (TPSA) is 87.5 Å². The lowest BCUT2D eigenvalue weighted by molar-refractivity contribution is 0.118. The van der Waals surface area contributed by atoms with Gasteiger partial charge in [0.25, 0.3) is 0 Å². The van der Waals surface area contributed by atoms with Crippen molar-refractivity contribution in [2.45, 2.75) is 32.4 Å². The summed E-state index contributed by atoms with van der Waals surface area (Å²) < 4.78 is 5.45. The maximum Gasteiger partial charge on any atom is 0.227 e. The lowest BCUT2D eigenvalue weighted by Gasteiger charge is -2.31. The van der Waals surface area contributed by atoms with Gasteiger partial charge in [-0.1, -0.05) is 26.0 Å². The van der Waals surface area contributed by atoms with E-state index in [2.05, 4.69) is 51.9 Å². The Balaban J connectivity index is 1.58. The number of hydrogen-bond donors (Lipinski definition) is 1. The Kier molecular flexibility index (Phi) is 4.83. The second kappa shape index (κ2) is 7.55. The van der Waals surface area contributed by atoms with Crippen LogP contribution in [-0.2, 0) is 10.2 Å². The summed E-state index contributed by atoms with van der Waals surface area (Å²) >= 11 is 0. The number of aliphatic hydroxyl groups excluding tert-OH is 1. The van der Waals surface area contributed by atoms with E-state index < -0.39 is 11.6 Å². The highest BCUT2D eigenvalue weighted by Gasteiger charge is 2.45. The molecule has 1 N–H and O–H groups in total. The van der Waals surface area contributed by atoms with E-state index in [9.17, 15) is 5.11 Å². The molecule has 0 spiro atoms. The Morgan fingerprint density at radius 3 is 2.52 bits per heavy atom. The van der Waals surface area contributed by atoms with Gasteiger partial charge in [0.2, 0.25) is 5.95 Å². The van der Waals surface area contributed by atoms with Crippen molar-refractivity contribution in [3.05, 3.63) is 54.2 Å². The monoisotopic (exact) mass is 418 g/mol. The smallest absolute Gasteiger partial charge is 0.227 e. The van der Waals surface area contributed by atoms with Crippen molar-refractivity contribution in [3.8, 4) is 11.1 Å². The molecule has 5 rings (SSSR count). The van der Waals surface area contributed by atoms with Gasteiger partial charge in [0.1, 0.15) is 17.9 Å². The summed E-state index contributed by atoms with van der Waals surface area (Å²) in [6.45, 7) is 8.81. The molecule has 2 aliphatic heterocycles. The maximum atomic E-state index is 11.3. The summed E-state index contributed by atoms with van der Waals surface area (Å²) in [6.07, 6.45) is 4.65. The van der Waals surface area contributed by atoms with Crippen molar-refractivity contribution in [3.63, 3.8) is 0 Å². The van der Waals surface area contributed by atoms with Crippen molar-refractivity contribution < 1.29 is 9.84 Å². The summed E-state index contributed by atoms with van der Waals surface area (Å²) in [5, 5.41) is 11.3. The van der Waals surface area contributed by atoms with E-state index in [4.69, 9.17) is 9.72 Å². The second-order valence-corrected chi connectivity index (χ2v) is 8.53. The first-order valence-electron chi connectivity index (χ1n) is 10.5. The molecule has 1 unspecified atom stereocenters. The van der Waals surface area contributed by atoms with E-state index >= 15 is 0 Å². The van der Waals surface area contributed by atoms with Gasteiger partial charge in [-0.2, -0.15) is 4.98 Å². The van der Waals surface area contributed by atoms with Gasteiger partial charge in [-0.05, 0) is 30.2 Å². The van der Waals surface area contributed by atoms with Gasteiger partial charge >= 0.3 is 0 Å². The predicted octanol–water partition coefficient (Wildman–Crippen LogP) is 2.83. The van der Waals surface area contributed by atoms with E-state index in [1.54, 1.807) is 6.20 Å². The molecule has 0 aliphatic carbocycles. The number of benzene rings is 1. The normalized spacial score (nSPS) is 20.1. The number of aromatic nitrogens is 4. The van der Waals surface area contributed by atoms with Crippen LogP contribution in [0.4, 0.5) is 17.5 Å². The Labute approximate surface area is 181 Å². The highest BCUT2D eigenvalue weighted by Crippen LogP contribution is 2.48. The number of ether oxygens (including phenoxy) is 1. The Bertz CT molecular complexity index is 1100. The molecule has 2 aliphatic rings. The van der Waals surface area contributed by atoms with Crippen LogP contribution in [0.3, 0.4) is 0 Å². The van der Waals surface area contributed by atoms with E-state index in [1.807, 2.05) is 30.3 Å². The van der Waals surface area contributed by atoms with Gasteiger partial charge in [0, 0.05) is 48.3 Å². The molecule has 0 radical (unpaired) electrons. The molecule has 1 saturated heterocycles. The molecular weight excluding hydrogens is 392 g/mol. The summed E-state index contributed by atoms with van der Waals surface area (Å²) in [5.41, 5.74) is 3.48. The molecule has 2 aromatic heterocycles. The van der Waals surface area contributed by atoms with Gasteiger partial charge in [-0.3, -0.25) is 4.90 Å². The first kappa shape index (κ1) is 19.8. The minimum atomic E-state index is -0.751. The van der Waals surface area contributed by atoms with Gasteiger partial charge in [0.05, 0.1) is 13.2 Å². The third-order valence-electron chi connectivity index (χ3n) is 6.12. The molecule has 4 heterocycles. The zero-order valence-corrected chi connectivity index (χ0v) is 18.0. The molecule has 1 atom stereocenters. The largest absolute Gasteiger partial charge is 0.378 e. The third kappa shape index (κ3) is 3.41. The Morgan fingerprint density at radius 1 is 1.03 bits per heavy atom. The number of aryl methyl sites for hydroxylation is 1. The molecule has 8 heteroatoms. The first-order chi connectivity index (χ1) is 14.9. The number of hydrogen-bond acceptors (Lipinski definition) is 8. The predicted molar refractivity (Wildman–Crippen MR) is 118 cm³/mol. The third-order valence-corrected chi connectivity index (χ3v) is 6.12. The minimum Gasteiger partial charge on any atom is -0.378 e. The highest BCUT2D eigenvalue weighted by molar-refractivity contribution is 5.78. The molecule has 1 fully saturated rings. The fraction of sp³-hybridized carbons (Fsp3) is 0.391. The van der Waals surface area contributed by atoms with Crippen LogP contribution < -0.4 is 9.80 Å². The summed E-state index contributed by atoms with van der Waals surface area (Å²) in [6, 6.07) is 8.07. The average Bonchev–Trinajstić information content (AvgIpc) is 3.00. The van der Waals surface area contributed by atoms with Crippen LogP contribution in [0.5, 0.6) is 0 Å². The molecule has 3 aromatic rings. The number of aliphatic hydroxyl groups is 1. The van der Waals surface area contributed by atoms with E-state index in [0.717, 1.165) is 41.3 Å². The van der Waals surface area contributed by atoms with E-state index in [0.29, 0.717) is 25.0 Å². The molecule has 0 bridgehead atoms. The lowest BCUT2D eigenvalue weighted by Crippen LogP contribution is -2.40. The summed E-state index contributed by atoms with van der Waals surface area (Å²) in [7, 11) is 0.